The summed E-state index contributed by atoms with van der Waals surface area (Å²) in [5.74, 6) is -1.93. The minimum atomic E-state index is -0.795. The summed E-state index contributed by atoms with van der Waals surface area (Å²) in [7, 11) is 0. The van der Waals surface area contributed by atoms with Crippen molar-refractivity contribution < 1.29 is 18.7 Å². The van der Waals surface area contributed by atoms with Crippen LogP contribution < -0.4 is 5.32 Å². The monoisotopic (exact) mass is 304 g/mol. The Labute approximate surface area is 123 Å². The van der Waals surface area contributed by atoms with Crippen molar-refractivity contribution in [3.8, 4) is 6.07 Å². The number of nitrogens with one attached hydrogen (secondary N) is 1. The zero-order valence-corrected chi connectivity index (χ0v) is 11.4. The smallest absolute Gasteiger partial charge is 0.338 e. The van der Waals surface area contributed by atoms with E-state index in [4.69, 9.17) is 10.00 Å². The van der Waals surface area contributed by atoms with Gasteiger partial charge in [-0.1, -0.05) is 6.07 Å². The van der Waals surface area contributed by atoms with Gasteiger partial charge in [0.25, 0.3) is 5.91 Å². The standard InChI is InChI=1S/C14H9FN2O3S/c15-11-3-1-2-9(6-11)14(19)20-8-12(18)17-13-10(7-16)4-5-21-13/h1-6H,8H2,(H,17,18). The van der Waals surface area contributed by atoms with Crippen molar-refractivity contribution in [3.63, 3.8) is 0 Å². The van der Waals surface area contributed by atoms with Gasteiger partial charge in [-0.05, 0) is 29.6 Å². The third-order valence-corrected chi connectivity index (χ3v) is 3.26. The third kappa shape index (κ3) is 3.87. The molecule has 2 rings (SSSR count). The van der Waals surface area contributed by atoms with Crippen molar-refractivity contribution in [1.82, 2.24) is 0 Å². The van der Waals surface area contributed by atoms with Crippen LogP contribution in [0.1, 0.15) is 15.9 Å². The van der Waals surface area contributed by atoms with E-state index in [9.17, 15) is 14.0 Å². The Morgan fingerprint density at radius 1 is 1.38 bits per heavy atom. The molecule has 1 aromatic heterocycles. The molecule has 0 aliphatic rings. The SMILES string of the molecule is N#Cc1ccsc1NC(=O)COC(=O)c1cccc(F)c1. The zero-order chi connectivity index (χ0) is 15.2. The number of thiophene rings is 1. The number of rotatable bonds is 4. The number of halogens is 1. The molecule has 7 heteroatoms. The first-order valence-electron chi connectivity index (χ1n) is 5.80. The lowest BCUT2D eigenvalue weighted by Crippen LogP contribution is -2.20. The normalized spacial score (nSPS) is 9.71. The van der Waals surface area contributed by atoms with Gasteiger partial charge >= 0.3 is 5.97 Å². The molecule has 0 aliphatic carbocycles. The fourth-order valence-electron chi connectivity index (χ4n) is 1.49. The lowest BCUT2D eigenvalue weighted by Gasteiger charge is -2.05. The van der Waals surface area contributed by atoms with Gasteiger partial charge in [-0.3, -0.25) is 4.79 Å². The highest BCUT2D eigenvalue weighted by molar-refractivity contribution is 7.14. The molecule has 21 heavy (non-hydrogen) atoms. The molecular weight excluding hydrogens is 295 g/mol. The maximum atomic E-state index is 12.9. The Morgan fingerprint density at radius 2 is 2.19 bits per heavy atom. The number of esters is 1. The molecule has 0 atom stereocenters. The third-order valence-electron chi connectivity index (χ3n) is 2.43. The van der Waals surface area contributed by atoms with E-state index in [1.807, 2.05) is 6.07 Å². The molecule has 1 N–H and O–H groups in total. The van der Waals surface area contributed by atoms with E-state index in [1.54, 1.807) is 11.4 Å². The van der Waals surface area contributed by atoms with Gasteiger partial charge in [-0.25, -0.2) is 9.18 Å². The number of nitriles is 1. The Kier molecular flexibility index (Phi) is 4.64. The lowest BCUT2D eigenvalue weighted by atomic mass is 10.2. The quantitative estimate of drug-likeness (QED) is 0.880. The molecule has 0 aliphatic heterocycles. The number of amides is 1. The summed E-state index contributed by atoms with van der Waals surface area (Å²) >= 11 is 1.19. The average molecular weight is 304 g/mol. The van der Waals surface area contributed by atoms with Gasteiger partial charge < -0.3 is 10.1 Å². The van der Waals surface area contributed by atoms with Gasteiger partial charge in [0.15, 0.2) is 6.61 Å². The van der Waals surface area contributed by atoms with E-state index in [0.717, 1.165) is 6.07 Å². The molecule has 1 heterocycles. The van der Waals surface area contributed by atoms with E-state index < -0.39 is 24.3 Å². The minimum absolute atomic E-state index is 0.0247. The second-order valence-corrected chi connectivity index (χ2v) is 4.83. The molecule has 0 fully saturated rings. The Hall–Kier alpha value is -2.72. The van der Waals surface area contributed by atoms with Gasteiger partial charge in [-0.15, -0.1) is 11.3 Å². The van der Waals surface area contributed by atoms with Crippen LogP contribution >= 0.6 is 11.3 Å². The lowest BCUT2D eigenvalue weighted by molar-refractivity contribution is -0.119. The minimum Gasteiger partial charge on any atom is -0.452 e. The number of anilines is 1. The predicted molar refractivity (Wildman–Crippen MR) is 74.3 cm³/mol. The summed E-state index contributed by atoms with van der Waals surface area (Å²) in [4.78, 5) is 23.2. The first-order valence-corrected chi connectivity index (χ1v) is 6.68. The predicted octanol–water partition coefficient (Wildman–Crippen LogP) is 2.55. The molecule has 106 valence electrons. The van der Waals surface area contributed by atoms with Crippen LogP contribution in [0.4, 0.5) is 9.39 Å². The van der Waals surface area contributed by atoms with E-state index in [1.165, 1.54) is 29.5 Å². The van der Waals surface area contributed by atoms with Gasteiger partial charge in [0, 0.05) is 0 Å². The highest BCUT2D eigenvalue weighted by atomic mass is 32.1. The number of hydrogen-bond donors (Lipinski definition) is 1. The Morgan fingerprint density at radius 3 is 2.90 bits per heavy atom. The summed E-state index contributed by atoms with van der Waals surface area (Å²) < 4.78 is 17.7. The van der Waals surface area contributed by atoms with E-state index >= 15 is 0 Å². The van der Waals surface area contributed by atoms with Crippen LogP contribution in [0.2, 0.25) is 0 Å². The number of carbonyl (C=O) groups is 2. The van der Waals surface area contributed by atoms with Gasteiger partial charge in [-0.2, -0.15) is 5.26 Å². The fourth-order valence-corrected chi connectivity index (χ4v) is 2.24. The molecule has 1 aromatic carbocycles. The summed E-state index contributed by atoms with van der Waals surface area (Å²) in [6.07, 6.45) is 0. The van der Waals surface area contributed by atoms with Crippen molar-refractivity contribution in [1.29, 1.82) is 5.26 Å². The molecule has 0 radical (unpaired) electrons. The first-order chi connectivity index (χ1) is 10.1. The average Bonchev–Trinajstić information content (AvgIpc) is 2.92. The molecule has 5 nitrogen and oxygen atoms in total. The van der Waals surface area contributed by atoms with Crippen LogP contribution in [-0.2, 0) is 9.53 Å². The van der Waals surface area contributed by atoms with Crippen LogP contribution in [0.5, 0.6) is 0 Å². The van der Waals surface area contributed by atoms with Crippen molar-refractivity contribution in [3.05, 3.63) is 52.7 Å². The highest BCUT2D eigenvalue weighted by Gasteiger charge is 2.12. The summed E-state index contributed by atoms with van der Waals surface area (Å²) in [5.41, 5.74) is 0.362. The Balaban J connectivity index is 1.90. The molecule has 0 saturated heterocycles. The summed E-state index contributed by atoms with van der Waals surface area (Å²) in [6.45, 7) is -0.516. The maximum Gasteiger partial charge on any atom is 0.338 e. The van der Waals surface area contributed by atoms with Crippen molar-refractivity contribution >= 4 is 28.2 Å². The zero-order valence-electron chi connectivity index (χ0n) is 10.6. The largest absolute Gasteiger partial charge is 0.452 e. The molecule has 0 saturated carbocycles. The fraction of sp³-hybridized carbons (Fsp3) is 0.0714. The van der Waals surface area contributed by atoms with Gasteiger partial charge in [0.1, 0.15) is 16.9 Å². The van der Waals surface area contributed by atoms with Crippen molar-refractivity contribution in [2.45, 2.75) is 0 Å². The number of carbonyl (C=O) groups excluding carboxylic acids is 2. The second kappa shape index (κ2) is 6.63. The van der Waals surface area contributed by atoms with E-state index in [2.05, 4.69) is 5.32 Å². The van der Waals surface area contributed by atoms with Gasteiger partial charge in [0.05, 0.1) is 11.1 Å². The molecule has 1 amide bonds. The first kappa shape index (κ1) is 14.7. The molecule has 0 unspecified atom stereocenters. The highest BCUT2D eigenvalue weighted by Crippen LogP contribution is 2.21. The molecule has 2 aromatic rings. The number of ether oxygens (including phenoxy) is 1. The molecule has 0 spiro atoms. The van der Waals surface area contributed by atoms with Crippen molar-refractivity contribution in [2.24, 2.45) is 0 Å². The molecular formula is C14H9FN2O3S. The number of hydrogen-bond acceptors (Lipinski definition) is 5. The maximum absolute atomic E-state index is 12.9. The second-order valence-electron chi connectivity index (χ2n) is 3.91. The van der Waals surface area contributed by atoms with Crippen LogP contribution in [0, 0.1) is 17.1 Å². The van der Waals surface area contributed by atoms with Crippen LogP contribution in [-0.4, -0.2) is 18.5 Å². The topological polar surface area (TPSA) is 79.2 Å². The number of nitrogens with zero attached hydrogens (tertiary/aromatic N) is 1. The summed E-state index contributed by atoms with van der Waals surface area (Å²) in [6, 6.07) is 8.47. The van der Waals surface area contributed by atoms with Crippen molar-refractivity contribution in [2.75, 3.05) is 11.9 Å². The van der Waals surface area contributed by atoms with E-state index in [0.29, 0.717) is 10.6 Å². The van der Waals surface area contributed by atoms with E-state index in [-0.39, 0.29) is 5.56 Å². The van der Waals surface area contributed by atoms with Crippen LogP contribution in [0.15, 0.2) is 35.7 Å². The van der Waals surface area contributed by atoms with Gasteiger partial charge in [0.2, 0.25) is 0 Å². The van der Waals surface area contributed by atoms with Crippen LogP contribution in [0.25, 0.3) is 0 Å². The summed E-state index contributed by atoms with van der Waals surface area (Å²) in [5, 5.41) is 13.3. The number of benzene rings is 1. The van der Waals surface area contributed by atoms with Crippen LogP contribution in [0.3, 0.4) is 0 Å². The molecule has 0 bridgehead atoms. The Bertz CT molecular complexity index is 721.